The summed E-state index contributed by atoms with van der Waals surface area (Å²) in [6, 6.07) is 7.33. The van der Waals surface area contributed by atoms with E-state index < -0.39 is 24.1 Å². The number of H-pyrrole nitrogens is 1. The van der Waals surface area contributed by atoms with Gasteiger partial charge in [-0.15, -0.1) is 0 Å². The van der Waals surface area contributed by atoms with Crippen LogP contribution in [0.5, 0.6) is 5.75 Å². The van der Waals surface area contributed by atoms with Gasteiger partial charge in [-0.05, 0) is 50.3 Å². The highest BCUT2D eigenvalue weighted by Crippen LogP contribution is 2.28. The highest BCUT2D eigenvalue weighted by molar-refractivity contribution is 6.01. The van der Waals surface area contributed by atoms with Crippen molar-refractivity contribution < 1.29 is 24.2 Å². The van der Waals surface area contributed by atoms with Crippen molar-refractivity contribution in [2.75, 3.05) is 20.2 Å². The first-order valence-electron chi connectivity index (χ1n) is 11.6. The number of amides is 3. The van der Waals surface area contributed by atoms with Crippen LogP contribution in [0, 0.1) is 17.2 Å². The summed E-state index contributed by atoms with van der Waals surface area (Å²) < 4.78 is 5.36. The van der Waals surface area contributed by atoms with E-state index in [0.29, 0.717) is 43.8 Å². The third-order valence-electron chi connectivity index (χ3n) is 6.67. The van der Waals surface area contributed by atoms with Crippen molar-refractivity contribution in [2.45, 2.75) is 50.3 Å². The summed E-state index contributed by atoms with van der Waals surface area (Å²) in [6.07, 6.45) is 1.28. The van der Waals surface area contributed by atoms with Gasteiger partial charge in [0.05, 0.1) is 19.2 Å². The third-order valence-corrected chi connectivity index (χ3v) is 6.67. The van der Waals surface area contributed by atoms with Crippen molar-refractivity contribution in [2.24, 2.45) is 5.92 Å². The average molecular weight is 468 g/mol. The van der Waals surface area contributed by atoms with E-state index in [2.05, 4.69) is 15.6 Å². The van der Waals surface area contributed by atoms with E-state index in [1.54, 1.807) is 19.2 Å². The van der Waals surface area contributed by atoms with Gasteiger partial charge in [0.25, 0.3) is 5.91 Å². The van der Waals surface area contributed by atoms with E-state index in [1.807, 2.05) is 18.2 Å². The largest absolute Gasteiger partial charge is 0.496 e. The molecule has 0 aliphatic carbocycles. The Morgan fingerprint density at radius 1 is 1.35 bits per heavy atom. The van der Waals surface area contributed by atoms with Crippen molar-refractivity contribution >= 4 is 28.6 Å². The second-order valence-electron chi connectivity index (χ2n) is 8.82. The summed E-state index contributed by atoms with van der Waals surface area (Å²) in [6.45, 7) is 1.02. The van der Waals surface area contributed by atoms with Crippen LogP contribution in [0.3, 0.4) is 0 Å². The molecule has 1 aromatic heterocycles. The van der Waals surface area contributed by atoms with Crippen LogP contribution in [-0.2, 0) is 9.59 Å². The Bertz CT molecular complexity index is 1120. The Morgan fingerprint density at radius 2 is 2.18 bits per heavy atom. The SMILES string of the molecule is COc1cccc2[nH]c(C(=O)N3CCC[C@H]3C(=O)N[C@@H](C[C@@H]3CCCNC3=O)C(O)C#N)cc12. The van der Waals surface area contributed by atoms with Crippen LogP contribution >= 0.6 is 0 Å². The summed E-state index contributed by atoms with van der Waals surface area (Å²) in [5.74, 6) is -0.620. The van der Waals surface area contributed by atoms with E-state index in [0.717, 1.165) is 17.3 Å². The molecule has 2 aliphatic rings. The molecule has 1 unspecified atom stereocenters. The molecule has 10 heteroatoms. The molecular formula is C24H29N5O5. The molecule has 2 fully saturated rings. The van der Waals surface area contributed by atoms with Gasteiger partial charge in [0, 0.05) is 29.9 Å². The zero-order valence-electron chi connectivity index (χ0n) is 19.0. The quantitative estimate of drug-likeness (QED) is 0.448. The lowest BCUT2D eigenvalue weighted by molar-refractivity contribution is -0.129. The number of benzene rings is 1. The molecule has 2 aliphatic heterocycles. The first-order valence-corrected chi connectivity index (χ1v) is 11.6. The molecule has 2 saturated heterocycles. The molecule has 0 saturated carbocycles. The summed E-state index contributed by atoms with van der Waals surface area (Å²) >= 11 is 0. The molecule has 34 heavy (non-hydrogen) atoms. The zero-order valence-corrected chi connectivity index (χ0v) is 19.0. The predicted octanol–water partition coefficient (Wildman–Crippen LogP) is 1.07. The highest BCUT2D eigenvalue weighted by atomic mass is 16.5. The molecule has 10 nitrogen and oxygen atoms in total. The van der Waals surface area contributed by atoms with Gasteiger partial charge in [0.1, 0.15) is 17.5 Å². The number of methoxy groups -OCH3 is 1. The minimum atomic E-state index is -1.45. The van der Waals surface area contributed by atoms with Gasteiger partial charge in [-0.3, -0.25) is 14.4 Å². The minimum Gasteiger partial charge on any atom is -0.496 e. The number of nitriles is 1. The summed E-state index contributed by atoms with van der Waals surface area (Å²) in [4.78, 5) is 43.2. The van der Waals surface area contributed by atoms with Crippen molar-refractivity contribution in [3.8, 4) is 11.8 Å². The number of hydrogen-bond acceptors (Lipinski definition) is 6. The number of ether oxygens (including phenoxy) is 1. The Kier molecular flexibility index (Phi) is 7.03. The van der Waals surface area contributed by atoms with Crippen LogP contribution < -0.4 is 15.4 Å². The number of piperidine rings is 1. The molecule has 1 aromatic carbocycles. The van der Waals surface area contributed by atoms with E-state index in [1.165, 1.54) is 4.90 Å². The van der Waals surface area contributed by atoms with Gasteiger partial charge in [0.15, 0.2) is 6.10 Å². The number of fused-ring (bicyclic) bond motifs is 1. The number of nitrogens with one attached hydrogen (secondary N) is 3. The normalized spacial score (nSPS) is 22.0. The predicted molar refractivity (Wildman–Crippen MR) is 123 cm³/mol. The molecule has 2 aromatic rings. The van der Waals surface area contributed by atoms with Crippen LogP contribution in [0.1, 0.15) is 42.6 Å². The fourth-order valence-electron chi connectivity index (χ4n) is 4.86. The number of aliphatic hydroxyl groups is 1. The number of rotatable bonds is 7. The Labute approximate surface area is 197 Å². The van der Waals surface area contributed by atoms with Crippen LogP contribution in [0.25, 0.3) is 10.9 Å². The highest BCUT2D eigenvalue weighted by Gasteiger charge is 2.38. The van der Waals surface area contributed by atoms with E-state index in [4.69, 9.17) is 4.74 Å². The molecule has 3 heterocycles. The number of aromatic amines is 1. The van der Waals surface area contributed by atoms with Gasteiger partial charge in [-0.25, -0.2) is 0 Å². The van der Waals surface area contributed by atoms with Gasteiger partial charge in [-0.2, -0.15) is 5.26 Å². The second kappa shape index (κ2) is 10.1. The number of carbonyl (C=O) groups is 3. The van der Waals surface area contributed by atoms with Gasteiger partial charge in [0.2, 0.25) is 11.8 Å². The van der Waals surface area contributed by atoms with Crippen LogP contribution in [0.15, 0.2) is 24.3 Å². The smallest absolute Gasteiger partial charge is 0.270 e. The topological polar surface area (TPSA) is 148 Å². The maximum atomic E-state index is 13.3. The lowest BCUT2D eigenvalue weighted by atomic mass is 9.89. The lowest BCUT2D eigenvalue weighted by Crippen LogP contribution is -2.53. The number of carbonyl (C=O) groups excluding carboxylic acids is 3. The Morgan fingerprint density at radius 3 is 2.91 bits per heavy atom. The number of likely N-dealkylation sites (tertiary alicyclic amines) is 1. The van der Waals surface area contributed by atoms with Crippen molar-refractivity contribution in [3.05, 3.63) is 30.0 Å². The first-order chi connectivity index (χ1) is 16.4. The van der Waals surface area contributed by atoms with Crippen LogP contribution in [-0.4, -0.2) is 71.1 Å². The summed E-state index contributed by atoms with van der Waals surface area (Å²) in [7, 11) is 1.56. The summed E-state index contributed by atoms with van der Waals surface area (Å²) in [5, 5.41) is 25.8. The molecule has 4 N–H and O–H groups in total. The van der Waals surface area contributed by atoms with Gasteiger partial charge < -0.3 is 30.4 Å². The van der Waals surface area contributed by atoms with E-state index >= 15 is 0 Å². The molecule has 0 spiro atoms. The number of aromatic nitrogens is 1. The molecule has 0 radical (unpaired) electrons. The van der Waals surface area contributed by atoms with E-state index in [-0.39, 0.29) is 24.2 Å². The molecule has 4 atom stereocenters. The van der Waals surface area contributed by atoms with E-state index in [9.17, 15) is 24.8 Å². The van der Waals surface area contributed by atoms with Crippen molar-refractivity contribution in [1.82, 2.24) is 20.5 Å². The van der Waals surface area contributed by atoms with Crippen molar-refractivity contribution in [3.63, 3.8) is 0 Å². The Balaban J connectivity index is 1.49. The standard InChI is InChI=1S/C24H29N5O5/c1-34-21-8-2-6-16-15(21)12-18(27-16)24(33)29-10-4-7-19(29)23(32)28-17(20(30)13-25)11-14-5-3-9-26-22(14)31/h2,6,8,12,14,17,19-20,27,30H,3-5,7,9-11H2,1H3,(H,26,31)(H,28,32)/t14-,17-,19-,20?/m0/s1. The van der Waals surface area contributed by atoms with Crippen LogP contribution in [0.2, 0.25) is 0 Å². The van der Waals surface area contributed by atoms with Gasteiger partial charge in [-0.1, -0.05) is 6.07 Å². The van der Waals surface area contributed by atoms with Crippen molar-refractivity contribution in [1.29, 1.82) is 5.26 Å². The number of aliphatic hydroxyl groups excluding tert-OH is 1. The molecule has 0 bridgehead atoms. The average Bonchev–Trinajstić information content (AvgIpc) is 3.51. The lowest BCUT2D eigenvalue weighted by Gasteiger charge is -2.30. The Hall–Kier alpha value is -3.58. The molecule has 3 amide bonds. The minimum absolute atomic E-state index is 0.137. The number of hydrogen-bond donors (Lipinski definition) is 4. The zero-order chi connectivity index (χ0) is 24.2. The second-order valence-corrected chi connectivity index (χ2v) is 8.82. The maximum Gasteiger partial charge on any atom is 0.270 e. The maximum absolute atomic E-state index is 13.3. The first kappa shape index (κ1) is 23.6. The van der Waals surface area contributed by atoms with Crippen LogP contribution in [0.4, 0.5) is 0 Å². The molecule has 180 valence electrons. The molecular weight excluding hydrogens is 438 g/mol. The number of nitrogens with zero attached hydrogens (tertiary/aromatic N) is 2. The monoisotopic (exact) mass is 467 g/mol. The summed E-state index contributed by atoms with van der Waals surface area (Å²) in [5.41, 5.74) is 1.11. The van der Waals surface area contributed by atoms with Gasteiger partial charge >= 0.3 is 0 Å². The fraction of sp³-hybridized carbons (Fsp3) is 0.500. The fourth-order valence-corrected chi connectivity index (χ4v) is 4.86. The third kappa shape index (κ3) is 4.70. The molecule has 4 rings (SSSR count).